The first-order valence-corrected chi connectivity index (χ1v) is 7.78. The van der Waals surface area contributed by atoms with Gasteiger partial charge in [-0.15, -0.1) is 0 Å². The van der Waals surface area contributed by atoms with Gasteiger partial charge in [0, 0.05) is 18.0 Å². The van der Waals surface area contributed by atoms with E-state index in [1.807, 2.05) is 16.8 Å². The van der Waals surface area contributed by atoms with Crippen molar-refractivity contribution in [1.82, 2.24) is 19.7 Å². The summed E-state index contributed by atoms with van der Waals surface area (Å²) in [7, 11) is 1.61. The van der Waals surface area contributed by atoms with E-state index >= 15 is 0 Å². The van der Waals surface area contributed by atoms with Crippen LogP contribution in [-0.2, 0) is 6.54 Å². The van der Waals surface area contributed by atoms with Crippen LogP contribution in [0.15, 0.2) is 61.2 Å². The highest BCUT2D eigenvalue weighted by Crippen LogP contribution is 2.23. The summed E-state index contributed by atoms with van der Waals surface area (Å²) in [5.41, 5.74) is 4.52. The molecule has 0 saturated carbocycles. The molecule has 25 heavy (non-hydrogen) atoms. The van der Waals surface area contributed by atoms with E-state index in [1.165, 1.54) is 12.1 Å². The molecule has 0 bridgehead atoms. The summed E-state index contributed by atoms with van der Waals surface area (Å²) in [4.78, 5) is 8.63. The molecule has 0 radical (unpaired) electrons. The van der Waals surface area contributed by atoms with Crippen LogP contribution in [0.5, 0.6) is 5.75 Å². The molecule has 0 amide bonds. The zero-order chi connectivity index (χ0) is 17.2. The molecule has 0 N–H and O–H groups in total. The van der Waals surface area contributed by atoms with E-state index in [0.717, 1.165) is 27.7 Å². The number of benzene rings is 1. The topological polar surface area (TPSA) is 52.8 Å². The van der Waals surface area contributed by atoms with Crippen LogP contribution >= 0.6 is 0 Å². The summed E-state index contributed by atoms with van der Waals surface area (Å²) in [6, 6.07) is 10.3. The Balaban J connectivity index is 1.72. The molecule has 0 spiro atoms. The van der Waals surface area contributed by atoms with Crippen molar-refractivity contribution >= 4 is 11.0 Å². The summed E-state index contributed by atoms with van der Waals surface area (Å²) in [5.74, 6) is 0.451. The highest BCUT2D eigenvalue weighted by molar-refractivity contribution is 5.80. The highest BCUT2D eigenvalue weighted by Gasteiger charge is 2.08. The van der Waals surface area contributed by atoms with E-state index in [0.29, 0.717) is 12.3 Å². The van der Waals surface area contributed by atoms with E-state index in [4.69, 9.17) is 4.74 Å². The maximum atomic E-state index is 13.1. The van der Waals surface area contributed by atoms with E-state index in [1.54, 1.807) is 44.0 Å². The third-order valence-corrected chi connectivity index (χ3v) is 4.01. The van der Waals surface area contributed by atoms with Crippen LogP contribution in [0, 0.1) is 5.82 Å². The number of aromatic nitrogens is 4. The van der Waals surface area contributed by atoms with Gasteiger partial charge in [0.05, 0.1) is 31.6 Å². The average Bonchev–Trinajstić information content (AvgIpc) is 3.04. The lowest BCUT2D eigenvalue weighted by Crippen LogP contribution is -2.02. The molecule has 4 rings (SSSR count). The number of hydrogen-bond acceptors (Lipinski definition) is 4. The van der Waals surface area contributed by atoms with Crippen LogP contribution in [0.1, 0.15) is 5.56 Å². The molecule has 6 heteroatoms. The molecule has 5 nitrogen and oxygen atoms in total. The fraction of sp³-hybridized carbons (Fsp3) is 0.105. The predicted molar refractivity (Wildman–Crippen MR) is 92.8 cm³/mol. The van der Waals surface area contributed by atoms with Crippen LogP contribution in [0.3, 0.4) is 0 Å². The van der Waals surface area contributed by atoms with Crippen molar-refractivity contribution in [2.24, 2.45) is 0 Å². The van der Waals surface area contributed by atoms with Crippen molar-refractivity contribution in [2.45, 2.75) is 6.54 Å². The van der Waals surface area contributed by atoms with E-state index < -0.39 is 0 Å². The molecule has 3 aromatic heterocycles. The van der Waals surface area contributed by atoms with Gasteiger partial charge in [0.25, 0.3) is 0 Å². The average molecular weight is 334 g/mol. The number of nitrogens with zero attached hydrogens (tertiary/aromatic N) is 4. The van der Waals surface area contributed by atoms with Gasteiger partial charge in [-0.3, -0.25) is 14.6 Å². The number of fused-ring (bicyclic) bond motifs is 1. The smallest absolute Gasteiger partial charge is 0.137 e. The van der Waals surface area contributed by atoms with Crippen molar-refractivity contribution < 1.29 is 9.13 Å². The fourth-order valence-corrected chi connectivity index (χ4v) is 2.72. The summed E-state index contributed by atoms with van der Waals surface area (Å²) >= 11 is 0. The van der Waals surface area contributed by atoms with Crippen LogP contribution in [0.4, 0.5) is 4.39 Å². The van der Waals surface area contributed by atoms with E-state index in [2.05, 4.69) is 15.1 Å². The van der Waals surface area contributed by atoms with E-state index in [9.17, 15) is 4.39 Å². The third-order valence-electron chi connectivity index (χ3n) is 4.01. The first-order chi connectivity index (χ1) is 12.2. The molecule has 0 saturated heterocycles. The summed E-state index contributed by atoms with van der Waals surface area (Å²) in [6.07, 6.45) is 6.96. The van der Waals surface area contributed by atoms with Gasteiger partial charge in [-0.05, 0) is 35.4 Å². The molecule has 1 aromatic carbocycles. The Kier molecular flexibility index (Phi) is 3.85. The van der Waals surface area contributed by atoms with Gasteiger partial charge >= 0.3 is 0 Å². The number of ether oxygens (including phenoxy) is 1. The molecule has 0 aliphatic rings. The number of methoxy groups -OCH3 is 1. The zero-order valence-electron chi connectivity index (χ0n) is 13.6. The molecular formula is C19H15FN4O. The minimum atomic E-state index is -0.256. The maximum absolute atomic E-state index is 13.1. The van der Waals surface area contributed by atoms with Gasteiger partial charge < -0.3 is 4.74 Å². The standard InChI is InChI=1S/C19H15FN4O/c1-25-17-6-13(8-21-10-17)12-24-19-7-15(9-22-18(19)11-23-24)14-2-4-16(20)5-3-14/h2-11H,12H2,1H3. The highest BCUT2D eigenvalue weighted by atomic mass is 19.1. The van der Waals surface area contributed by atoms with Gasteiger partial charge in [-0.25, -0.2) is 4.39 Å². The fourth-order valence-electron chi connectivity index (χ4n) is 2.72. The quantitative estimate of drug-likeness (QED) is 0.571. The Bertz CT molecular complexity index is 1030. The lowest BCUT2D eigenvalue weighted by Gasteiger charge is -2.07. The van der Waals surface area contributed by atoms with Crippen molar-refractivity contribution in [3.05, 3.63) is 72.6 Å². The minimum Gasteiger partial charge on any atom is -0.495 e. The van der Waals surface area contributed by atoms with Gasteiger partial charge in [0.2, 0.25) is 0 Å². The van der Waals surface area contributed by atoms with Gasteiger partial charge in [-0.2, -0.15) is 5.10 Å². The molecule has 124 valence electrons. The van der Waals surface area contributed by atoms with E-state index in [-0.39, 0.29) is 5.82 Å². The maximum Gasteiger partial charge on any atom is 0.137 e. The van der Waals surface area contributed by atoms with Gasteiger partial charge in [0.15, 0.2) is 0 Å². The number of pyridine rings is 2. The van der Waals surface area contributed by atoms with Gasteiger partial charge in [0.1, 0.15) is 17.1 Å². The van der Waals surface area contributed by atoms with Crippen molar-refractivity contribution in [3.8, 4) is 16.9 Å². The second-order valence-corrected chi connectivity index (χ2v) is 5.67. The van der Waals surface area contributed by atoms with Crippen LogP contribution in [0.25, 0.3) is 22.2 Å². The molecule has 0 atom stereocenters. The summed E-state index contributed by atoms with van der Waals surface area (Å²) in [5, 5.41) is 4.42. The molecular weight excluding hydrogens is 319 g/mol. The normalized spacial score (nSPS) is 11.0. The third kappa shape index (κ3) is 3.06. The summed E-state index contributed by atoms with van der Waals surface area (Å²) in [6.45, 7) is 0.558. The Hall–Kier alpha value is -3.28. The Morgan fingerprint density at radius 2 is 1.84 bits per heavy atom. The first kappa shape index (κ1) is 15.3. The van der Waals surface area contributed by atoms with Crippen molar-refractivity contribution in [3.63, 3.8) is 0 Å². The molecule has 0 aliphatic heterocycles. The molecule has 0 unspecified atom stereocenters. The first-order valence-electron chi connectivity index (χ1n) is 7.78. The van der Waals surface area contributed by atoms with Crippen LogP contribution < -0.4 is 4.74 Å². The monoisotopic (exact) mass is 334 g/mol. The Labute approximate surface area is 143 Å². The molecule has 0 fully saturated rings. The van der Waals surface area contributed by atoms with Crippen LogP contribution in [0.2, 0.25) is 0 Å². The summed E-state index contributed by atoms with van der Waals surface area (Å²) < 4.78 is 20.2. The number of hydrogen-bond donors (Lipinski definition) is 0. The lowest BCUT2D eigenvalue weighted by atomic mass is 10.1. The second kappa shape index (κ2) is 6.32. The number of rotatable bonds is 4. The largest absolute Gasteiger partial charge is 0.495 e. The SMILES string of the molecule is COc1cncc(Cn2ncc3ncc(-c4ccc(F)cc4)cc32)c1. The number of halogens is 1. The minimum absolute atomic E-state index is 0.256. The predicted octanol–water partition coefficient (Wildman–Crippen LogP) is 3.69. The molecule has 3 heterocycles. The molecule has 4 aromatic rings. The van der Waals surface area contributed by atoms with Gasteiger partial charge in [-0.1, -0.05) is 12.1 Å². The molecule has 0 aliphatic carbocycles. The van der Waals surface area contributed by atoms with Crippen molar-refractivity contribution in [2.75, 3.05) is 7.11 Å². The zero-order valence-corrected chi connectivity index (χ0v) is 13.6. The lowest BCUT2D eigenvalue weighted by molar-refractivity contribution is 0.412. The Morgan fingerprint density at radius 1 is 1.00 bits per heavy atom. The van der Waals surface area contributed by atoms with Crippen molar-refractivity contribution in [1.29, 1.82) is 0 Å². The second-order valence-electron chi connectivity index (χ2n) is 5.67. The Morgan fingerprint density at radius 3 is 2.64 bits per heavy atom. The van der Waals surface area contributed by atoms with Crippen LogP contribution in [-0.4, -0.2) is 26.9 Å².